The third-order valence-electron chi connectivity index (χ3n) is 5.55. The molecule has 1 atom stereocenters. The maximum atomic E-state index is 12.7. The van der Waals surface area contributed by atoms with Crippen LogP contribution in [-0.2, 0) is 4.79 Å². The highest BCUT2D eigenvalue weighted by atomic mass is 16.1. The van der Waals surface area contributed by atoms with E-state index in [0.717, 1.165) is 61.1 Å². The molecular weight excluding hydrogens is 344 g/mol. The molecule has 2 rings (SSSR count). The summed E-state index contributed by atoms with van der Waals surface area (Å²) in [7, 11) is 1.81. The van der Waals surface area contributed by atoms with E-state index < -0.39 is 0 Å². The number of rotatable bonds is 10. The molecule has 0 aromatic carbocycles. The van der Waals surface area contributed by atoms with Crippen molar-refractivity contribution in [2.75, 3.05) is 7.05 Å². The molecule has 0 amide bonds. The SMILES string of the molecule is CCC1=C(C(C)=NC)C=C(C(=O)CCCCC[C@H](C)c2ccccn2)C=CC1. The lowest BCUT2D eigenvalue weighted by molar-refractivity contribution is -0.115. The van der Waals surface area contributed by atoms with Crippen molar-refractivity contribution in [1.82, 2.24) is 4.98 Å². The van der Waals surface area contributed by atoms with E-state index >= 15 is 0 Å². The molecule has 1 aliphatic rings. The summed E-state index contributed by atoms with van der Waals surface area (Å²) in [6, 6.07) is 6.09. The van der Waals surface area contributed by atoms with Crippen LogP contribution in [0.5, 0.6) is 0 Å². The fourth-order valence-corrected chi connectivity index (χ4v) is 3.61. The molecule has 28 heavy (non-hydrogen) atoms. The largest absolute Gasteiger partial charge is 0.294 e. The fraction of sp³-hybridized carbons (Fsp3) is 0.480. The summed E-state index contributed by atoms with van der Waals surface area (Å²) >= 11 is 0. The summed E-state index contributed by atoms with van der Waals surface area (Å²) in [6.45, 7) is 6.42. The smallest absolute Gasteiger partial charge is 0.162 e. The molecule has 150 valence electrons. The Kier molecular flexibility index (Phi) is 9.06. The Morgan fingerprint density at radius 1 is 1.25 bits per heavy atom. The number of aliphatic imine (C=N–C) groups is 1. The van der Waals surface area contributed by atoms with E-state index in [2.05, 4.69) is 42.0 Å². The van der Waals surface area contributed by atoms with Gasteiger partial charge in [0, 0.05) is 36.6 Å². The predicted molar refractivity (Wildman–Crippen MR) is 119 cm³/mol. The molecule has 0 aliphatic heterocycles. The van der Waals surface area contributed by atoms with Crippen LogP contribution in [0, 0.1) is 0 Å². The normalized spacial score (nSPS) is 16.0. The van der Waals surface area contributed by atoms with Crippen LogP contribution in [0.3, 0.4) is 0 Å². The molecule has 0 N–H and O–H groups in total. The molecule has 3 heteroatoms. The van der Waals surface area contributed by atoms with E-state index in [1.807, 2.05) is 38.4 Å². The standard InChI is InChI=1S/C25H34N2O/c1-5-21-13-11-14-22(18-23(21)20(3)26-4)25(28)16-8-6-7-12-19(2)24-15-9-10-17-27-24/h9-11,14-15,17-19H,5-8,12-13,16H2,1-4H3/t19-/m0/s1. The summed E-state index contributed by atoms with van der Waals surface area (Å²) in [4.78, 5) is 21.5. The monoisotopic (exact) mass is 378 g/mol. The maximum Gasteiger partial charge on any atom is 0.162 e. The number of unbranched alkanes of at least 4 members (excludes halogenated alkanes) is 2. The van der Waals surface area contributed by atoms with Gasteiger partial charge in [0.1, 0.15) is 0 Å². The molecule has 0 unspecified atom stereocenters. The van der Waals surface area contributed by atoms with Crippen molar-refractivity contribution in [2.24, 2.45) is 4.99 Å². The van der Waals surface area contributed by atoms with Crippen molar-refractivity contribution in [2.45, 2.75) is 71.6 Å². The van der Waals surface area contributed by atoms with Crippen molar-refractivity contribution in [3.8, 4) is 0 Å². The number of pyridine rings is 1. The van der Waals surface area contributed by atoms with Gasteiger partial charge in [0.05, 0.1) is 0 Å². The van der Waals surface area contributed by atoms with E-state index in [0.29, 0.717) is 12.3 Å². The Morgan fingerprint density at radius 3 is 2.75 bits per heavy atom. The summed E-state index contributed by atoms with van der Waals surface area (Å²) in [5, 5.41) is 0. The minimum absolute atomic E-state index is 0.243. The first-order valence-corrected chi connectivity index (χ1v) is 10.5. The van der Waals surface area contributed by atoms with Crippen molar-refractivity contribution in [3.63, 3.8) is 0 Å². The van der Waals surface area contributed by atoms with Gasteiger partial charge in [-0.25, -0.2) is 0 Å². The van der Waals surface area contributed by atoms with Gasteiger partial charge in [-0.05, 0) is 62.3 Å². The van der Waals surface area contributed by atoms with Gasteiger partial charge in [0.2, 0.25) is 0 Å². The van der Waals surface area contributed by atoms with Gasteiger partial charge < -0.3 is 0 Å². The van der Waals surface area contributed by atoms with E-state index in [-0.39, 0.29) is 5.78 Å². The molecule has 3 nitrogen and oxygen atoms in total. The number of allylic oxidation sites excluding steroid dienone is 6. The van der Waals surface area contributed by atoms with Gasteiger partial charge in [-0.2, -0.15) is 0 Å². The lowest BCUT2D eigenvalue weighted by atomic mass is 9.96. The number of carbonyl (C=O) groups excluding carboxylic acids is 1. The number of nitrogens with zero attached hydrogens (tertiary/aromatic N) is 2. The summed E-state index contributed by atoms with van der Waals surface area (Å²) in [5.41, 5.74) is 5.48. The number of hydrogen-bond acceptors (Lipinski definition) is 3. The van der Waals surface area contributed by atoms with E-state index in [9.17, 15) is 4.79 Å². The van der Waals surface area contributed by atoms with E-state index in [4.69, 9.17) is 0 Å². The van der Waals surface area contributed by atoms with Gasteiger partial charge in [-0.1, -0.05) is 50.5 Å². The first kappa shape index (κ1) is 22.0. The Labute approximate surface area is 170 Å². The Morgan fingerprint density at radius 2 is 2.07 bits per heavy atom. The third kappa shape index (κ3) is 6.40. The summed E-state index contributed by atoms with van der Waals surface area (Å²) in [6.07, 6.45) is 14.8. The van der Waals surface area contributed by atoms with Crippen molar-refractivity contribution in [1.29, 1.82) is 0 Å². The second-order valence-corrected chi connectivity index (χ2v) is 7.56. The maximum absolute atomic E-state index is 12.7. The topological polar surface area (TPSA) is 42.3 Å². The van der Waals surface area contributed by atoms with E-state index in [1.165, 1.54) is 5.57 Å². The van der Waals surface area contributed by atoms with Crippen LogP contribution in [0.1, 0.15) is 77.3 Å². The fourth-order valence-electron chi connectivity index (χ4n) is 3.61. The highest BCUT2D eigenvalue weighted by Gasteiger charge is 2.14. The van der Waals surface area contributed by atoms with E-state index in [1.54, 1.807) is 0 Å². The van der Waals surface area contributed by atoms with Gasteiger partial charge in [0.25, 0.3) is 0 Å². The molecule has 0 fully saturated rings. The second kappa shape index (κ2) is 11.5. The van der Waals surface area contributed by atoms with Gasteiger partial charge >= 0.3 is 0 Å². The number of hydrogen-bond donors (Lipinski definition) is 0. The third-order valence-corrected chi connectivity index (χ3v) is 5.55. The average molecular weight is 379 g/mol. The molecule has 1 aromatic heterocycles. The molecule has 0 spiro atoms. The lowest BCUT2D eigenvalue weighted by Crippen LogP contribution is -2.04. The summed E-state index contributed by atoms with van der Waals surface area (Å²) in [5.74, 6) is 0.716. The molecule has 0 saturated heterocycles. The first-order valence-electron chi connectivity index (χ1n) is 10.5. The number of Topliss-reactive ketones (excluding diaryl/α,β-unsaturated/α-hetero) is 1. The second-order valence-electron chi connectivity index (χ2n) is 7.56. The Hall–Kier alpha value is -2.29. The first-order chi connectivity index (χ1) is 13.6. The molecule has 1 heterocycles. The average Bonchev–Trinajstić information content (AvgIpc) is 2.95. The molecule has 0 bridgehead atoms. The van der Waals surface area contributed by atoms with Crippen LogP contribution in [0.4, 0.5) is 0 Å². The van der Waals surface area contributed by atoms with Crippen LogP contribution in [0.25, 0.3) is 0 Å². The number of aromatic nitrogens is 1. The zero-order valence-corrected chi connectivity index (χ0v) is 17.9. The molecular formula is C25H34N2O. The Bertz CT molecular complexity index is 769. The van der Waals surface area contributed by atoms with Crippen LogP contribution >= 0.6 is 0 Å². The lowest BCUT2D eigenvalue weighted by Gasteiger charge is -2.10. The predicted octanol–water partition coefficient (Wildman–Crippen LogP) is 6.39. The Balaban J connectivity index is 1.85. The molecule has 1 aromatic rings. The van der Waals surface area contributed by atoms with Crippen LogP contribution < -0.4 is 0 Å². The minimum Gasteiger partial charge on any atom is -0.294 e. The van der Waals surface area contributed by atoms with Gasteiger partial charge in [-0.15, -0.1) is 0 Å². The number of ketones is 1. The van der Waals surface area contributed by atoms with Crippen molar-refractivity contribution >= 4 is 11.5 Å². The van der Waals surface area contributed by atoms with Crippen LogP contribution in [0.2, 0.25) is 0 Å². The van der Waals surface area contributed by atoms with Crippen molar-refractivity contribution < 1.29 is 4.79 Å². The highest BCUT2D eigenvalue weighted by Crippen LogP contribution is 2.24. The molecule has 0 saturated carbocycles. The van der Waals surface area contributed by atoms with Gasteiger partial charge in [-0.3, -0.25) is 14.8 Å². The van der Waals surface area contributed by atoms with Crippen LogP contribution in [0.15, 0.2) is 64.3 Å². The van der Waals surface area contributed by atoms with Crippen LogP contribution in [-0.4, -0.2) is 23.5 Å². The highest BCUT2D eigenvalue weighted by molar-refractivity contribution is 6.05. The van der Waals surface area contributed by atoms with Crippen molar-refractivity contribution in [3.05, 3.63) is 65.0 Å². The summed E-state index contributed by atoms with van der Waals surface area (Å²) < 4.78 is 0. The molecule has 0 radical (unpaired) electrons. The van der Waals surface area contributed by atoms with Gasteiger partial charge in [0.15, 0.2) is 5.78 Å². The quantitative estimate of drug-likeness (QED) is 0.350. The number of carbonyl (C=O) groups is 1. The molecule has 1 aliphatic carbocycles. The minimum atomic E-state index is 0.243. The zero-order valence-electron chi connectivity index (χ0n) is 17.9. The zero-order chi connectivity index (χ0) is 20.4.